The van der Waals surface area contributed by atoms with Crippen molar-refractivity contribution in [2.24, 2.45) is 0 Å². The number of hydrogen-bond donors (Lipinski definition) is 0. The van der Waals surface area contributed by atoms with Gasteiger partial charge in [-0.15, -0.1) is 0 Å². The highest BCUT2D eigenvalue weighted by atomic mass is 35.5. The minimum Gasteiger partial charge on any atom is -0.495 e. The van der Waals surface area contributed by atoms with Gasteiger partial charge in [-0.2, -0.15) is 0 Å². The van der Waals surface area contributed by atoms with Gasteiger partial charge in [0.05, 0.1) is 36.6 Å². The summed E-state index contributed by atoms with van der Waals surface area (Å²) in [5, 5.41) is 0.603. The molecule has 2 atom stereocenters. The summed E-state index contributed by atoms with van der Waals surface area (Å²) >= 11 is 6.23. The third-order valence-electron chi connectivity index (χ3n) is 5.10. The lowest BCUT2D eigenvalue weighted by molar-refractivity contribution is -0.135. The van der Waals surface area contributed by atoms with Gasteiger partial charge in [-0.05, 0) is 43.5 Å². The lowest BCUT2D eigenvalue weighted by Crippen LogP contribution is -2.14. The van der Waals surface area contributed by atoms with Gasteiger partial charge in [0.25, 0.3) is 0 Å². The zero-order chi connectivity index (χ0) is 19.5. The van der Waals surface area contributed by atoms with Crippen molar-refractivity contribution < 1.29 is 14.2 Å². The molecule has 1 aliphatic rings. The maximum Gasteiger partial charge on any atom is 0.158 e. The molecule has 148 valence electrons. The number of aromatic nitrogens is 3. The van der Waals surface area contributed by atoms with Crippen LogP contribution >= 0.6 is 11.6 Å². The molecule has 1 fully saturated rings. The molecule has 1 aliphatic heterocycles. The van der Waals surface area contributed by atoms with E-state index in [-0.39, 0.29) is 12.4 Å². The van der Waals surface area contributed by atoms with Crippen molar-refractivity contribution >= 4 is 22.6 Å². The van der Waals surface area contributed by atoms with Gasteiger partial charge < -0.3 is 18.8 Å². The molecule has 1 saturated heterocycles. The molecule has 2 unspecified atom stereocenters. The van der Waals surface area contributed by atoms with Gasteiger partial charge in [0.2, 0.25) is 0 Å². The summed E-state index contributed by atoms with van der Waals surface area (Å²) in [6.07, 6.45) is 6.14. The molecule has 0 amide bonds. The number of pyridine rings is 1. The van der Waals surface area contributed by atoms with Crippen LogP contribution in [0.2, 0.25) is 5.02 Å². The smallest absolute Gasteiger partial charge is 0.158 e. The average Bonchev–Trinajstić information content (AvgIpc) is 3.29. The monoisotopic (exact) mass is 401 g/mol. The number of fused-ring (bicyclic) bond motifs is 1. The molecule has 2 aromatic heterocycles. The van der Waals surface area contributed by atoms with E-state index in [2.05, 4.69) is 14.5 Å². The van der Waals surface area contributed by atoms with E-state index in [0.717, 1.165) is 48.2 Å². The van der Waals surface area contributed by atoms with Gasteiger partial charge in [0, 0.05) is 19.2 Å². The molecular weight excluding hydrogens is 378 g/mol. The number of ether oxygens (including phenoxy) is 3. The molecule has 0 spiro atoms. The number of methoxy groups -OCH3 is 1. The minimum absolute atomic E-state index is 0.0146. The van der Waals surface area contributed by atoms with Gasteiger partial charge in [-0.1, -0.05) is 17.7 Å². The van der Waals surface area contributed by atoms with Gasteiger partial charge in [-0.25, -0.2) is 4.98 Å². The predicted octanol–water partition coefficient (Wildman–Crippen LogP) is 4.69. The number of benzene rings is 1. The van der Waals surface area contributed by atoms with Gasteiger partial charge in [0.15, 0.2) is 6.29 Å². The fourth-order valence-electron chi connectivity index (χ4n) is 3.68. The molecule has 0 aliphatic carbocycles. The van der Waals surface area contributed by atoms with Crippen LogP contribution in [0.1, 0.15) is 36.8 Å². The Balaban J connectivity index is 1.27. The van der Waals surface area contributed by atoms with E-state index in [1.165, 1.54) is 0 Å². The molecule has 7 heteroatoms. The Morgan fingerprint density at radius 3 is 3.00 bits per heavy atom. The first-order valence-electron chi connectivity index (χ1n) is 9.53. The van der Waals surface area contributed by atoms with Gasteiger partial charge in [-0.3, -0.25) is 4.98 Å². The van der Waals surface area contributed by atoms with E-state index < -0.39 is 0 Å². The lowest BCUT2D eigenvalue weighted by Gasteiger charge is -2.16. The highest BCUT2D eigenvalue weighted by Crippen LogP contribution is 2.36. The molecule has 0 radical (unpaired) electrons. The highest BCUT2D eigenvalue weighted by molar-refractivity contribution is 6.32. The Labute approximate surface area is 169 Å². The Bertz CT molecular complexity index is 959. The quantitative estimate of drug-likeness (QED) is 0.538. The number of hydrogen-bond acceptors (Lipinski definition) is 5. The van der Waals surface area contributed by atoms with Crippen LogP contribution in [0.5, 0.6) is 5.75 Å². The van der Waals surface area contributed by atoms with Crippen LogP contribution < -0.4 is 4.74 Å². The van der Waals surface area contributed by atoms with E-state index in [4.69, 9.17) is 25.8 Å². The summed E-state index contributed by atoms with van der Waals surface area (Å²) in [5.74, 6) is 1.67. The van der Waals surface area contributed by atoms with Crippen molar-refractivity contribution in [2.75, 3.05) is 13.7 Å². The van der Waals surface area contributed by atoms with Gasteiger partial charge >= 0.3 is 0 Å². The second-order valence-corrected chi connectivity index (χ2v) is 7.33. The fourth-order valence-corrected chi connectivity index (χ4v) is 3.95. The normalized spacial score (nSPS) is 19.4. The number of imidazole rings is 1. The first-order chi connectivity index (χ1) is 13.7. The third kappa shape index (κ3) is 3.99. The molecule has 0 bridgehead atoms. The second kappa shape index (κ2) is 8.47. The number of nitrogens with zero attached hydrogens (tertiary/aromatic N) is 3. The molecule has 6 nitrogen and oxygen atoms in total. The maximum atomic E-state index is 6.23. The molecule has 3 heterocycles. The van der Waals surface area contributed by atoms with Crippen molar-refractivity contribution in [3.63, 3.8) is 0 Å². The van der Waals surface area contributed by atoms with Crippen molar-refractivity contribution in [2.45, 2.75) is 45.1 Å². The Hall–Kier alpha value is -2.15. The van der Waals surface area contributed by atoms with Crippen LogP contribution in [0.3, 0.4) is 0 Å². The van der Waals surface area contributed by atoms with Crippen molar-refractivity contribution in [3.8, 4) is 5.75 Å². The van der Waals surface area contributed by atoms with Crippen LogP contribution in [-0.2, 0) is 16.0 Å². The van der Waals surface area contributed by atoms with E-state index in [9.17, 15) is 0 Å². The second-order valence-electron chi connectivity index (χ2n) is 6.93. The number of rotatable bonds is 7. The largest absolute Gasteiger partial charge is 0.495 e. The van der Waals surface area contributed by atoms with E-state index in [1.54, 1.807) is 19.5 Å². The zero-order valence-corrected chi connectivity index (χ0v) is 16.9. The van der Waals surface area contributed by atoms with E-state index in [1.807, 2.05) is 31.2 Å². The summed E-state index contributed by atoms with van der Waals surface area (Å²) in [4.78, 5) is 8.68. The number of halogens is 1. The van der Waals surface area contributed by atoms with Crippen LogP contribution in [0.4, 0.5) is 0 Å². The molecular formula is C21H24ClN3O3. The highest BCUT2D eigenvalue weighted by Gasteiger charge is 2.27. The van der Waals surface area contributed by atoms with Crippen LogP contribution in [0, 0.1) is 6.92 Å². The maximum absolute atomic E-state index is 6.23. The number of aryl methyl sites for hydroxylation is 2. The van der Waals surface area contributed by atoms with Crippen molar-refractivity contribution in [1.29, 1.82) is 0 Å². The summed E-state index contributed by atoms with van der Waals surface area (Å²) in [5.41, 5.74) is 3.10. The molecule has 28 heavy (non-hydrogen) atoms. The fraction of sp³-hybridized carbons (Fsp3) is 0.429. The van der Waals surface area contributed by atoms with E-state index >= 15 is 0 Å². The van der Waals surface area contributed by atoms with Crippen LogP contribution in [0.25, 0.3) is 11.0 Å². The van der Waals surface area contributed by atoms with Crippen LogP contribution in [0.15, 0.2) is 36.7 Å². The standard InChI is InChI=1S/C21H24ClN3O3/c1-14-24-17-13-23-9-8-18(17)25(14)10-3-11-27-21-7-6-19(28-21)15-4-5-20(26-2)16(22)12-15/h4-5,8-9,12-13,19,21H,3,6-7,10-11H2,1-2H3. The first-order valence-corrected chi connectivity index (χ1v) is 9.91. The molecule has 0 saturated carbocycles. The Kier molecular flexibility index (Phi) is 5.80. The van der Waals surface area contributed by atoms with Crippen molar-refractivity contribution in [1.82, 2.24) is 14.5 Å². The Morgan fingerprint density at radius 2 is 2.18 bits per heavy atom. The summed E-state index contributed by atoms with van der Waals surface area (Å²) in [7, 11) is 1.61. The summed E-state index contributed by atoms with van der Waals surface area (Å²) in [6, 6.07) is 7.79. The lowest BCUT2D eigenvalue weighted by atomic mass is 10.1. The summed E-state index contributed by atoms with van der Waals surface area (Å²) < 4.78 is 19.4. The third-order valence-corrected chi connectivity index (χ3v) is 5.39. The molecule has 1 aromatic carbocycles. The summed E-state index contributed by atoms with van der Waals surface area (Å²) in [6.45, 7) is 3.52. The predicted molar refractivity (Wildman–Crippen MR) is 108 cm³/mol. The zero-order valence-electron chi connectivity index (χ0n) is 16.1. The molecule has 4 rings (SSSR count). The molecule has 0 N–H and O–H groups in total. The molecule has 3 aromatic rings. The van der Waals surface area contributed by atoms with E-state index in [0.29, 0.717) is 17.4 Å². The first kappa shape index (κ1) is 19.2. The van der Waals surface area contributed by atoms with Crippen molar-refractivity contribution in [3.05, 3.63) is 53.1 Å². The van der Waals surface area contributed by atoms with Gasteiger partial charge in [0.1, 0.15) is 17.1 Å². The SMILES string of the molecule is COc1ccc(C2CCC(OCCCn3c(C)nc4cnccc43)O2)cc1Cl. The topological polar surface area (TPSA) is 58.4 Å². The minimum atomic E-state index is -0.171. The Morgan fingerprint density at radius 1 is 1.29 bits per heavy atom. The van der Waals surface area contributed by atoms with Crippen LogP contribution in [-0.4, -0.2) is 34.5 Å². The average molecular weight is 402 g/mol.